The van der Waals surface area contributed by atoms with Crippen LogP contribution in [0.15, 0.2) is 28.7 Å². The number of ether oxygens (including phenoxy) is 1. The van der Waals surface area contributed by atoms with Crippen molar-refractivity contribution < 1.29 is 9.53 Å². The van der Waals surface area contributed by atoms with E-state index < -0.39 is 12.0 Å². The summed E-state index contributed by atoms with van der Waals surface area (Å²) in [6, 6.07) is 9.41. The van der Waals surface area contributed by atoms with Crippen molar-refractivity contribution in [1.29, 1.82) is 5.26 Å². The fraction of sp³-hybridized carbons (Fsp3) is 0.429. The minimum Gasteiger partial charge on any atom is -0.370 e. The Morgan fingerprint density at radius 2 is 2.39 bits per heavy atom. The number of Topliss-reactive ketones (excluding diaryl/α,β-unsaturated/α-hetero) is 1. The molecule has 1 aromatic carbocycles. The summed E-state index contributed by atoms with van der Waals surface area (Å²) in [5.41, 5.74) is 0.722. The summed E-state index contributed by atoms with van der Waals surface area (Å²) in [6.45, 7) is 2.60. The lowest BCUT2D eigenvalue weighted by molar-refractivity contribution is -0.129. The molecule has 0 bridgehead atoms. The van der Waals surface area contributed by atoms with Gasteiger partial charge in [-0.1, -0.05) is 35.0 Å². The van der Waals surface area contributed by atoms with Crippen molar-refractivity contribution in [2.75, 3.05) is 6.61 Å². The summed E-state index contributed by atoms with van der Waals surface area (Å²) < 4.78 is 6.32. The second-order valence-electron chi connectivity index (χ2n) is 4.58. The van der Waals surface area contributed by atoms with Crippen LogP contribution in [0.2, 0.25) is 0 Å². The van der Waals surface area contributed by atoms with Crippen LogP contribution in [-0.4, -0.2) is 18.5 Å². The largest absolute Gasteiger partial charge is 0.370 e. The van der Waals surface area contributed by atoms with Crippen LogP contribution in [0.3, 0.4) is 0 Å². The highest BCUT2D eigenvalue weighted by Crippen LogP contribution is 2.28. The highest BCUT2D eigenvalue weighted by Gasteiger charge is 2.36. The van der Waals surface area contributed by atoms with Crippen molar-refractivity contribution in [3.05, 3.63) is 34.3 Å². The molecule has 3 unspecified atom stereocenters. The average Bonchev–Trinajstić information content (AvgIpc) is 2.76. The zero-order valence-corrected chi connectivity index (χ0v) is 11.7. The third-order valence-corrected chi connectivity index (χ3v) is 3.76. The van der Waals surface area contributed by atoms with Crippen LogP contribution in [0.25, 0.3) is 0 Å². The van der Waals surface area contributed by atoms with Crippen molar-refractivity contribution in [3.63, 3.8) is 0 Å². The fourth-order valence-corrected chi connectivity index (χ4v) is 2.63. The molecule has 0 N–H and O–H groups in total. The van der Waals surface area contributed by atoms with E-state index in [1.807, 2.05) is 25.1 Å². The van der Waals surface area contributed by atoms with Gasteiger partial charge in [0.2, 0.25) is 0 Å². The first kappa shape index (κ1) is 13.3. The minimum atomic E-state index is -0.743. The molecular formula is C14H14BrNO2. The molecule has 4 heteroatoms. The number of nitrogens with zero attached hydrogens (tertiary/aromatic N) is 1. The van der Waals surface area contributed by atoms with Gasteiger partial charge in [0.05, 0.1) is 6.07 Å². The first-order chi connectivity index (χ1) is 8.63. The molecule has 1 aliphatic rings. The van der Waals surface area contributed by atoms with Gasteiger partial charge in [-0.05, 0) is 30.0 Å². The molecule has 0 spiro atoms. The van der Waals surface area contributed by atoms with Crippen molar-refractivity contribution >= 4 is 21.7 Å². The number of halogens is 1. The third-order valence-electron chi connectivity index (χ3n) is 3.26. The molecule has 18 heavy (non-hydrogen) atoms. The molecule has 0 radical (unpaired) electrons. The molecule has 0 aliphatic carbocycles. The second kappa shape index (κ2) is 5.64. The fourth-order valence-electron chi connectivity index (χ4n) is 2.21. The lowest BCUT2D eigenvalue weighted by Crippen LogP contribution is -2.29. The van der Waals surface area contributed by atoms with Crippen molar-refractivity contribution in [3.8, 4) is 6.07 Å². The molecule has 94 valence electrons. The summed E-state index contributed by atoms with van der Waals surface area (Å²) in [6.07, 6.45) is 0.446. The maximum absolute atomic E-state index is 12.3. The highest BCUT2D eigenvalue weighted by molar-refractivity contribution is 9.10. The van der Waals surface area contributed by atoms with Crippen LogP contribution >= 0.6 is 15.9 Å². The van der Waals surface area contributed by atoms with Gasteiger partial charge in [-0.15, -0.1) is 0 Å². The molecular weight excluding hydrogens is 294 g/mol. The van der Waals surface area contributed by atoms with Gasteiger partial charge in [-0.25, -0.2) is 0 Å². The molecule has 2 rings (SSSR count). The zero-order valence-electron chi connectivity index (χ0n) is 10.1. The van der Waals surface area contributed by atoms with Gasteiger partial charge < -0.3 is 4.74 Å². The van der Waals surface area contributed by atoms with Gasteiger partial charge in [0.1, 0.15) is 12.0 Å². The van der Waals surface area contributed by atoms with Crippen molar-refractivity contribution in [2.45, 2.75) is 25.4 Å². The first-order valence-electron chi connectivity index (χ1n) is 5.94. The molecule has 1 aliphatic heterocycles. The van der Waals surface area contributed by atoms with Crippen LogP contribution in [0.4, 0.5) is 0 Å². The maximum atomic E-state index is 12.3. The van der Waals surface area contributed by atoms with E-state index in [0.29, 0.717) is 6.61 Å². The average molecular weight is 308 g/mol. The van der Waals surface area contributed by atoms with E-state index in [4.69, 9.17) is 4.74 Å². The first-order valence-corrected chi connectivity index (χ1v) is 6.73. The van der Waals surface area contributed by atoms with Gasteiger partial charge >= 0.3 is 0 Å². The lowest BCUT2D eigenvalue weighted by Gasteiger charge is -2.17. The Bertz CT molecular complexity index is 495. The Kier molecular flexibility index (Phi) is 4.15. The number of ketones is 1. The van der Waals surface area contributed by atoms with Gasteiger partial charge in [-0.2, -0.15) is 5.26 Å². The Morgan fingerprint density at radius 3 is 2.94 bits per heavy atom. The topological polar surface area (TPSA) is 50.1 Å². The number of carbonyl (C=O) groups is 1. The predicted molar refractivity (Wildman–Crippen MR) is 71.0 cm³/mol. The van der Waals surface area contributed by atoms with Gasteiger partial charge in [0.15, 0.2) is 5.78 Å². The molecule has 0 aromatic heterocycles. The summed E-state index contributed by atoms with van der Waals surface area (Å²) >= 11 is 3.35. The van der Waals surface area contributed by atoms with E-state index in [9.17, 15) is 10.1 Å². The van der Waals surface area contributed by atoms with Crippen LogP contribution in [-0.2, 0) is 9.53 Å². The molecule has 1 saturated heterocycles. The van der Waals surface area contributed by atoms with E-state index in [1.54, 1.807) is 6.07 Å². The van der Waals surface area contributed by atoms with Gasteiger partial charge in [-0.3, -0.25) is 4.79 Å². The Labute approximate surface area is 115 Å². The predicted octanol–water partition coefficient (Wildman–Crippen LogP) is 3.05. The molecule has 0 amide bonds. The number of rotatable bonds is 3. The molecule has 1 fully saturated rings. The van der Waals surface area contributed by atoms with E-state index >= 15 is 0 Å². The van der Waals surface area contributed by atoms with Crippen molar-refractivity contribution in [2.24, 2.45) is 5.92 Å². The normalized spacial score (nSPS) is 24.5. The van der Waals surface area contributed by atoms with Crippen LogP contribution in [0.1, 0.15) is 24.8 Å². The summed E-state index contributed by atoms with van der Waals surface area (Å²) in [7, 11) is 0. The summed E-state index contributed by atoms with van der Waals surface area (Å²) in [4.78, 5) is 12.3. The second-order valence-corrected chi connectivity index (χ2v) is 5.49. The summed E-state index contributed by atoms with van der Waals surface area (Å²) in [5.74, 6) is -0.672. The van der Waals surface area contributed by atoms with Crippen LogP contribution < -0.4 is 0 Å². The standard InChI is InChI=1S/C14H14BrNO2/c1-9-5-6-18-14(9)13(17)12(8-16)10-3-2-4-11(15)7-10/h2-4,7,9,12,14H,5-6H2,1H3. The minimum absolute atomic E-state index is 0.124. The Morgan fingerprint density at radius 1 is 1.61 bits per heavy atom. The maximum Gasteiger partial charge on any atom is 0.183 e. The van der Waals surface area contributed by atoms with E-state index in [0.717, 1.165) is 16.5 Å². The number of benzene rings is 1. The number of nitriles is 1. The number of carbonyl (C=O) groups excluding carboxylic acids is 1. The zero-order chi connectivity index (χ0) is 13.1. The highest BCUT2D eigenvalue weighted by atomic mass is 79.9. The molecule has 1 heterocycles. The molecule has 1 aromatic rings. The number of hydrogen-bond donors (Lipinski definition) is 0. The number of hydrogen-bond acceptors (Lipinski definition) is 3. The van der Waals surface area contributed by atoms with Crippen molar-refractivity contribution in [1.82, 2.24) is 0 Å². The monoisotopic (exact) mass is 307 g/mol. The van der Waals surface area contributed by atoms with E-state index in [-0.39, 0.29) is 11.7 Å². The lowest BCUT2D eigenvalue weighted by atomic mass is 9.88. The summed E-state index contributed by atoms with van der Waals surface area (Å²) in [5, 5.41) is 9.25. The van der Waals surface area contributed by atoms with Gasteiger partial charge in [0.25, 0.3) is 0 Å². The van der Waals surface area contributed by atoms with E-state index in [1.165, 1.54) is 0 Å². The van der Waals surface area contributed by atoms with Crippen LogP contribution in [0.5, 0.6) is 0 Å². The molecule has 0 saturated carbocycles. The smallest absolute Gasteiger partial charge is 0.183 e. The van der Waals surface area contributed by atoms with E-state index in [2.05, 4.69) is 22.0 Å². The quantitative estimate of drug-likeness (QED) is 0.862. The molecule has 3 nitrogen and oxygen atoms in total. The van der Waals surface area contributed by atoms with Crippen LogP contribution in [0, 0.1) is 17.2 Å². The van der Waals surface area contributed by atoms with Gasteiger partial charge in [0, 0.05) is 11.1 Å². The molecule has 3 atom stereocenters. The Hall–Kier alpha value is -1.18. The Balaban J connectivity index is 2.24. The SMILES string of the molecule is CC1CCOC1C(=O)C(C#N)c1cccc(Br)c1. The third kappa shape index (κ3) is 2.63.